The fourth-order valence-corrected chi connectivity index (χ4v) is 7.61. The molecule has 0 heterocycles. The van der Waals surface area contributed by atoms with E-state index in [0.29, 0.717) is 13.2 Å². The average molecular weight is 697 g/mol. The van der Waals surface area contributed by atoms with Crippen molar-refractivity contribution in [3.8, 4) is 0 Å². The van der Waals surface area contributed by atoms with E-state index in [1.54, 1.807) is 0 Å². The van der Waals surface area contributed by atoms with E-state index >= 15 is 0 Å². The van der Waals surface area contributed by atoms with Crippen LogP contribution >= 0.6 is 7.75 Å². The molecule has 0 aromatic carbocycles. The summed E-state index contributed by atoms with van der Waals surface area (Å²) in [6, 6.07) is 0. The molecule has 0 aliphatic heterocycles. The van der Waals surface area contributed by atoms with Crippen molar-refractivity contribution in [2.75, 3.05) is 47.4 Å². The first-order valence-electron chi connectivity index (χ1n) is 21.0. The molecule has 0 amide bonds. The number of rotatable bonds is 39. The lowest BCUT2D eigenvalue weighted by Gasteiger charge is -2.27. The van der Waals surface area contributed by atoms with Gasteiger partial charge in [0.15, 0.2) is 0 Å². The zero-order valence-electron chi connectivity index (χ0n) is 33.2. The normalized spacial score (nSPS) is 12.6. The van der Waals surface area contributed by atoms with Crippen LogP contribution in [0, 0.1) is 0 Å². The van der Waals surface area contributed by atoms with Crippen molar-refractivity contribution in [1.29, 1.82) is 0 Å². The van der Waals surface area contributed by atoms with Gasteiger partial charge in [-0.05, 0) is 98.3 Å². The first-order chi connectivity index (χ1) is 23.5. The van der Waals surface area contributed by atoms with E-state index in [9.17, 15) is 4.57 Å². The molecule has 0 spiro atoms. The van der Waals surface area contributed by atoms with Crippen LogP contribution in [0.4, 0.5) is 0 Å². The van der Waals surface area contributed by atoms with Crippen LogP contribution in [0.15, 0.2) is 24.3 Å². The number of allylic oxidation sites excluding steroid dienone is 4. The Kier molecular flexibility index (Phi) is 37.4. The predicted octanol–water partition coefficient (Wildman–Crippen LogP) is 14.1. The van der Waals surface area contributed by atoms with Crippen molar-refractivity contribution in [3.05, 3.63) is 24.3 Å². The Bertz CT molecular complexity index is 694. The van der Waals surface area contributed by atoms with Crippen molar-refractivity contribution < 1.29 is 13.6 Å². The molecule has 286 valence electrons. The molecule has 0 aromatic heterocycles. The quantitative estimate of drug-likeness (QED) is 0.0363. The van der Waals surface area contributed by atoms with Gasteiger partial charge in [-0.3, -0.25) is 9.05 Å². The van der Waals surface area contributed by atoms with Crippen LogP contribution in [0.2, 0.25) is 0 Å². The van der Waals surface area contributed by atoms with E-state index < -0.39 is 7.75 Å². The van der Waals surface area contributed by atoms with Crippen molar-refractivity contribution in [3.63, 3.8) is 0 Å². The second-order valence-corrected chi connectivity index (χ2v) is 16.7. The van der Waals surface area contributed by atoms with Crippen LogP contribution < -0.4 is 0 Å². The van der Waals surface area contributed by atoms with Gasteiger partial charge in [0.25, 0.3) is 0 Å². The van der Waals surface area contributed by atoms with Gasteiger partial charge in [-0.2, -0.15) is 0 Å². The van der Waals surface area contributed by atoms with E-state index in [4.69, 9.17) is 9.05 Å². The molecule has 0 aliphatic rings. The van der Waals surface area contributed by atoms with Crippen molar-refractivity contribution in [1.82, 2.24) is 9.57 Å². The smallest absolute Gasteiger partial charge is 0.309 e. The van der Waals surface area contributed by atoms with Gasteiger partial charge in [-0.1, -0.05) is 154 Å². The molecule has 0 unspecified atom stereocenters. The molecular formula is C42H85N2O3P. The summed E-state index contributed by atoms with van der Waals surface area (Å²) in [4.78, 5) is 2.17. The van der Waals surface area contributed by atoms with E-state index in [0.717, 1.165) is 45.2 Å². The minimum Gasteiger partial charge on any atom is -0.309 e. The van der Waals surface area contributed by atoms with Crippen LogP contribution in [-0.4, -0.2) is 57.0 Å². The number of hydrogen-bond donors (Lipinski definition) is 0. The third kappa shape index (κ3) is 34.0. The lowest BCUT2D eigenvalue weighted by atomic mass is 10.1. The standard InChI is InChI=1S/C42H85N2O3P/c1-6-8-10-12-14-16-18-20-22-24-26-28-30-32-34-36-41-46-48(45,44(5)40-38-39-43(3)4)47-42-37-35-33-31-29-27-25-23-21-19-17-15-13-11-9-7-2/h20-23H,6-19,24-42H2,1-5H3/b22-20-,23-21-. The van der Waals surface area contributed by atoms with Gasteiger partial charge in [0.05, 0.1) is 13.2 Å². The van der Waals surface area contributed by atoms with Gasteiger partial charge in [-0.25, -0.2) is 9.24 Å². The summed E-state index contributed by atoms with van der Waals surface area (Å²) in [5.41, 5.74) is 0. The molecule has 48 heavy (non-hydrogen) atoms. The van der Waals surface area contributed by atoms with Crippen LogP contribution in [0.5, 0.6) is 0 Å². The van der Waals surface area contributed by atoms with Crippen molar-refractivity contribution >= 4 is 7.75 Å². The average Bonchev–Trinajstić information content (AvgIpc) is 3.07. The monoisotopic (exact) mass is 697 g/mol. The van der Waals surface area contributed by atoms with Gasteiger partial charge in [0.2, 0.25) is 0 Å². The summed E-state index contributed by atoms with van der Waals surface area (Å²) in [7, 11) is 2.81. The first-order valence-corrected chi connectivity index (χ1v) is 22.5. The Morgan fingerprint density at radius 3 is 1.06 bits per heavy atom. The number of unbranched alkanes of at least 4 members (excludes halogenated alkanes) is 24. The van der Waals surface area contributed by atoms with Crippen LogP contribution in [0.3, 0.4) is 0 Å². The SMILES string of the molecule is CCCCCCCC/C=C\CCCCCCCCOP(=O)(OCCCCCCCC/C=C\CCCCCCCC)N(C)CCCN(C)C. The summed E-state index contributed by atoms with van der Waals surface area (Å²) in [6.45, 7) is 7.28. The maximum absolute atomic E-state index is 13.8. The van der Waals surface area contributed by atoms with E-state index in [-0.39, 0.29) is 0 Å². The molecule has 0 fully saturated rings. The Morgan fingerprint density at radius 1 is 0.417 bits per heavy atom. The van der Waals surface area contributed by atoms with E-state index in [1.165, 1.54) is 154 Å². The number of hydrogen-bond acceptors (Lipinski definition) is 4. The van der Waals surface area contributed by atoms with Gasteiger partial charge in [0, 0.05) is 6.54 Å². The lowest BCUT2D eigenvalue weighted by Crippen LogP contribution is -2.24. The Balaban J connectivity index is 4.02. The van der Waals surface area contributed by atoms with Crippen molar-refractivity contribution in [2.45, 2.75) is 200 Å². The molecule has 0 radical (unpaired) electrons. The maximum atomic E-state index is 13.8. The number of nitrogens with zero attached hydrogens (tertiary/aromatic N) is 2. The highest BCUT2D eigenvalue weighted by atomic mass is 31.2. The van der Waals surface area contributed by atoms with Gasteiger partial charge in [-0.15, -0.1) is 0 Å². The van der Waals surface area contributed by atoms with Crippen molar-refractivity contribution in [2.24, 2.45) is 0 Å². The highest BCUT2D eigenvalue weighted by Crippen LogP contribution is 2.51. The lowest BCUT2D eigenvalue weighted by molar-refractivity contribution is 0.158. The summed E-state index contributed by atoms with van der Waals surface area (Å²) in [5.74, 6) is 0. The van der Waals surface area contributed by atoms with Crippen LogP contribution in [0.1, 0.15) is 200 Å². The maximum Gasteiger partial charge on any atom is 0.407 e. The van der Waals surface area contributed by atoms with Gasteiger partial charge < -0.3 is 4.90 Å². The third-order valence-electron chi connectivity index (χ3n) is 9.33. The minimum atomic E-state index is -3.25. The third-order valence-corrected chi connectivity index (χ3v) is 11.4. The molecular weight excluding hydrogens is 611 g/mol. The molecule has 0 bridgehead atoms. The second kappa shape index (κ2) is 37.8. The predicted molar refractivity (Wildman–Crippen MR) is 214 cm³/mol. The molecule has 0 aliphatic carbocycles. The van der Waals surface area contributed by atoms with Crippen LogP contribution in [-0.2, 0) is 13.6 Å². The summed E-state index contributed by atoms with van der Waals surface area (Å²) in [6.07, 6.45) is 46.4. The minimum absolute atomic E-state index is 0.518. The fourth-order valence-electron chi connectivity index (χ4n) is 6.03. The van der Waals surface area contributed by atoms with E-state index in [1.807, 2.05) is 11.7 Å². The fraction of sp³-hybridized carbons (Fsp3) is 0.905. The molecule has 0 aromatic rings. The molecule has 6 heteroatoms. The zero-order chi connectivity index (χ0) is 35.2. The van der Waals surface area contributed by atoms with Gasteiger partial charge in [0.1, 0.15) is 0 Å². The Hall–Kier alpha value is -0.450. The molecule has 0 saturated carbocycles. The summed E-state index contributed by atoms with van der Waals surface area (Å²) < 4.78 is 27.7. The molecule has 5 nitrogen and oxygen atoms in total. The van der Waals surface area contributed by atoms with Gasteiger partial charge >= 0.3 is 7.75 Å². The van der Waals surface area contributed by atoms with E-state index in [2.05, 4.69) is 57.1 Å². The molecule has 0 rings (SSSR count). The topological polar surface area (TPSA) is 42.0 Å². The second-order valence-electron chi connectivity index (χ2n) is 14.5. The molecule has 0 N–H and O–H groups in total. The summed E-state index contributed by atoms with van der Waals surface area (Å²) in [5, 5.41) is 0. The molecule has 0 saturated heterocycles. The highest BCUT2D eigenvalue weighted by Gasteiger charge is 2.30. The highest BCUT2D eigenvalue weighted by molar-refractivity contribution is 7.51. The Labute approximate surface area is 302 Å². The zero-order valence-corrected chi connectivity index (χ0v) is 34.1. The molecule has 0 atom stereocenters. The first kappa shape index (κ1) is 47.5. The van der Waals surface area contributed by atoms with Crippen LogP contribution in [0.25, 0.3) is 0 Å². The largest absolute Gasteiger partial charge is 0.407 e. The Morgan fingerprint density at radius 2 is 0.729 bits per heavy atom. The summed E-state index contributed by atoms with van der Waals surface area (Å²) >= 11 is 0.